The monoisotopic (exact) mass is 262 g/mol. The number of nitrogens with one attached hydrogen (secondary N) is 2. The van der Waals surface area contributed by atoms with E-state index >= 15 is 0 Å². The van der Waals surface area contributed by atoms with Crippen LogP contribution in [-0.4, -0.2) is 32.1 Å². The number of hydrogen-bond acceptors (Lipinski definition) is 3. The molecule has 0 bridgehead atoms. The van der Waals surface area contributed by atoms with Crippen LogP contribution in [0.15, 0.2) is 24.3 Å². The second kappa shape index (κ2) is 6.57. The Morgan fingerprint density at radius 2 is 2.16 bits per heavy atom. The number of carbonyl (C=O) groups excluding carboxylic acids is 1. The first-order valence-corrected chi connectivity index (χ1v) is 6.87. The third kappa shape index (κ3) is 3.70. The average molecular weight is 262 g/mol. The summed E-state index contributed by atoms with van der Waals surface area (Å²) in [6.07, 6.45) is 1.92. The quantitative estimate of drug-likeness (QED) is 0.842. The molecule has 4 heteroatoms. The summed E-state index contributed by atoms with van der Waals surface area (Å²) in [4.78, 5) is 11.7. The molecule has 0 aromatic heterocycles. The predicted molar refractivity (Wildman–Crippen MR) is 75.3 cm³/mol. The lowest BCUT2D eigenvalue weighted by molar-refractivity contribution is -0.122. The van der Waals surface area contributed by atoms with Gasteiger partial charge in [-0.2, -0.15) is 0 Å². The highest BCUT2D eigenvalue weighted by molar-refractivity contribution is 5.82. The van der Waals surface area contributed by atoms with Gasteiger partial charge in [0.2, 0.25) is 5.91 Å². The van der Waals surface area contributed by atoms with Gasteiger partial charge in [-0.15, -0.1) is 0 Å². The van der Waals surface area contributed by atoms with E-state index in [0.29, 0.717) is 12.5 Å². The van der Waals surface area contributed by atoms with Gasteiger partial charge in [0.25, 0.3) is 0 Å². The summed E-state index contributed by atoms with van der Waals surface area (Å²) in [5.41, 5.74) is 1.30. The zero-order valence-corrected chi connectivity index (χ0v) is 11.6. The first kappa shape index (κ1) is 13.9. The van der Waals surface area contributed by atoms with Crippen molar-refractivity contribution in [3.63, 3.8) is 0 Å². The van der Waals surface area contributed by atoms with E-state index in [1.54, 1.807) is 7.11 Å². The third-order valence-corrected chi connectivity index (χ3v) is 3.57. The Hall–Kier alpha value is -1.55. The van der Waals surface area contributed by atoms with Crippen LogP contribution in [0.25, 0.3) is 0 Å². The van der Waals surface area contributed by atoms with Gasteiger partial charge in [0.1, 0.15) is 5.75 Å². The van der Waals surface area contributed by atoms with Crippen molar-refractivity contribution in [1.82, 2.24) is 10.6 Å². The van der Waals surface area contributed by atoms with Gasteiger partial charge in [-0.3, -0.25) is 4.79 Å². The molecule has 2 rings (SSSR count). The smallest absolute Gasteiger partial charge is 0.237 e. The zero-order valence-electron chi connectivity index (χ0n) is 11.6. The molecule has 1 amide bonds. The number of methoxy groups -OCH3 is 1. The summed E-state index contributed by atoms with van der Waals surface area (Å²) >= 11 is 0. The second-order valence-electron chi connectivity index (χ2n) is 5.01. The molecule has 19 heavy (non-hydrogen) atoms. The van der Waals surface area contributed by atoms with Gasteiger partial charge in [-0.05, 0) is 49.9 Å². The average Bonchev–Trinajstić information content (AvgIpc) is 2.88. The van der Waals surface area contributed by atoms with Gasteiger partial charge in [0.05, 0.1) is 13.2 Å². The Kier molecular flexibility index (Phi) is 4.80. The number of carbonyl (C=O) groups is 1. The molecular weight excluding hydrogens is 240 g/mol. The number of rotatable bonds is 5. The van der Waals surface area contributed by atoms with E-state index in [1.807, 2.05) is 19.1 Å². The fourth-order valence-corrected chi connectivity index (χ4v) is 2.56. The van der Waals surface area contributed by atoms with Gasteiger partial charge in [0, 0.05) is 6.54 Å². The number of benzene rings is 1. The summed E-state index contributed by atoms with van der Waals surface area (Å²) < 4.78 is 5.15. The summed E-state index contributed by atoms with van der Waals surface area (Å²) in [5.74, 6) is 1.54. The molecule has 0 radical (unpaired) electrons. The largest absolute Gasteiger partial charge is 0.497 e. The van der Waals surface area contributed by atoms with Crippen LogP contribution in [0, 0.1) is 5.92 Å². The second-order valence-corrected chi connectivity index (χ2v) is 5.01. The first-order chi connectivity index (χ1) is 9.22. The van der Waals surface area contributed by atoms with Crippen molar-refractivity contribution in [3.05, 3.63) is 29.8 Å². The van der Waals surface area contributed by atoms with Crippen LogP contribution in [0.5, 0.6) is 5.75 Å². The summed E-state index contributed by atoms with van der Waals surface area (Å²) in [6.45, 7) is 3.55. The molecule has 2 atom stereocenters. The van der Waals surface area contributed by atoms with Crippen molar-refractivity contribution >= 4 is 5.91 Å². The Labute approximate surface area is 114 Å². The van der Waals surface area contributed by atoms with Crippen LogP contribution in [0.3, 0.4) is 0 Å². The molecule has 0 spiro atoms. The molecule has 104 valence electrons. The van der Waals surface area contributed by atoms with Crippen molar-refractivity contribution < 1.29 is 9.53 Å². The van der Waals surface area contributed by atoms with E-state index in [0.717, 1.165) is 25.1 Å². The highest BCUT2D eigenvalue weighted by atomic mass is 16.5. The SMILES string of the molecule is CCNC(=O)[C@@H]1C[C@H](Cc2ccc(OC)cc2)CN1. The van der Waals surface area contributed by atoms with Crippen LogP contribution in [0.1, 0.15) is 18.9 Å². The molecule has 1 aromatic carbocycles. The molecule has 0 aliphatic carbocycles. The van der Waals surface area contributed by atoms with Gasteiger partial charge < -0.3 is 15.4 Å². The molecule has 4 nitrogen and oxygen atoms in total. The molecule has 1 aromatic rings. The Bertz CT molecular complexity index is 417. The predicted octanol–water partition coefficient (Wildman–Crippen LogP) is 1.35. The van der Waals surface area contributed by atoms with E-state index in [-0.39, 0.29) is 11.9 Å². The Morgan fingerprint density at radius 1 is 1.42 bits per heavy atom. The van der Waals surface area contributed by atoms with Crippen LogP contribution in [0.4, 0.5) is 0 Å². The molecule has 1 fully saturated rings. The van der Waals surface area contributed by atoms with Crippen molar-refractivity contribution in [2.24, 2.45) is 5.92 Å². The van der Waals surface area contributed by atoms with Crippen molar-refractivity contribution in [2.75, 3.05) is 20.2 Å². The third-order valence-electron chi connectivity index (χ3n) is 3.57. The standard InChI is InChI=1S/C15H22N2O2/c1-3-16-15(18)14-9-12(10-17-14)8-11-4-6-13(19-2)7-5-11/h4-7,12,14,17H,3,8-10H2,1-2H3,(H,16,18)/t12-,14-/m0/s1. The lowest BCUT2D eigenvalue weighted by Crippen LogP contribution is -2.40. The van der Waals surface area contributed by atoms with Gasteiger partial charge >= 0.3 is 0 Å². The first-order valence-electron chi connectivity index (χ1n) is 6.87. The number of ether oxygens (including phenoxy) is 1. The fourth-order valence-electron chi connectivity index (χ4n) is 2.56. The number of likely N-dealkylation sites (N-methyl/N-ethyl adjacent to an activating group) is 1. The van der Waals surface area contributed by atoms with Crippen LogP contribution >= 0.6 is 0 Å². The Balaban J connectivity index is 1.85. The summed E-state index contributed by atoms with van der Waals surface area (Å²) in [7, 11) is 1.67. The molecule has 1 aliphatic rings. The van der Waals surface area contributed by atoms with Crippen molar-refractivity contribution in [2.45, 2.75) is 25.8 Å². The molecule has 1 saturated heterocycles. The highest BCUT2D eigenvalue weighted by Gasteiger charge is 2.28. The number of amides is 1. The zero-order chi connectivity index (χ0) is 13.7. The Morgan fingerprint density at radius 3 is 2.79 bits per heavy atom. The highest BCUT2D eigenvalue weighted by Crippen LogP contribution is 2.21. The van der Waals surface area contributed by atoms with Crippen LogP contribution < -0.4 is 15.4 Å². The summed E-state index contributed by atoms with van der Waals surface area (Å²) in [6, 6.07) is 8.14. The molecule has 1 heterocycles. The molecular formula is C15H22N2O2. The van der Waals surface area contributed by atoms with E-state index in [4.69, 9.17) is 4.74 Å². The van der Waals surface area contributed by atoms with E-state index in [1.165, 1.54) is 5.56 Å². The summed E-state index contributed by atoms with van der Waals surface area (Å²) in [5, 5.41) is 6.17. The minimum Gasteiger partial charge on any atom is -0.497 e. The van der Waals surface area contributed by atoms with E-state index < -0.39 is 0 Å². The van der Waals surface area contributed by atoms with Gasteiger partial charge in [-0.25, -0.2) is 0 Å². The molecule has 1 aliphatic heterocycles. The molecule has 0 saturated carbocycles. The van der Waals surface area contributed by atoms with E-state index in [2.05, 4.69) is 22.8 Å². The minimum atomic E-state index is -0.0248. The maximum absolute atomic E-state index is 11.7. The van der Waals surface area contributed by atoms with Crippen molar-refractivity contribution in [1.29, 1.82) is 0 Å². The number of hydrogen-bond donors (Lipinski definition) is 2. The topological polar surface area (TPSA) is 50.4 Å². The lowest BCUT2D eigenvalue weighted by Gasteiger charge is -2.10. The van der Waals surface area contributed by atoms with Crippen molar-refractivity contribution in [3.8, 4) is 5.75 Å². The molecule has 0 unspecified atom stereocenters. The maximum Gasteiger partial charge on any atom is 0.237 e. The fraction of sp³-hybridized carbons (Fsp3) is 0.533. The normalized spacial score (nSPS) is 22.2. The van der Waals surface area contributed by atoms with Crippen LogP contribution in [-0.2, 0) is 11.2 Å². The van der Waals surface area contributed by atoms with Gasteiger partial charge in [-0.1, -0.05) is 12.1 Å². The van der Waals surface area contributed by atoms with Crippen LogP contribution in [0.2, 0.25) is 0 Å². The lowest BCUT2D eigenvalue weighted by atomic mass is 9.96. The van der Waals surface area contributed by atoms with Gasteiger partial charge in [0.15, 0.2) is 0 Å². The minimum absolute atomic E-state index is 0.0248. The van der Waals surface area contributed by atoms with E-state index in [9.17, 15) is 4.79 Å². The molecule has 2 N–H and O–H groups in total. The maximum atomic E-state index is 11.7.